The first-order valence-corrected chi connectivity index (χ1v) is 5.86. The first kappa shape index (κ1) is 11.3. The minimum absolute atomic E-state index is 0.145. The highest BCUT2D eigenvalue weighted by Gasteiger charge is 2.21. The number of hydrogen-bond acceptors (Lipinski definition) is 3. The lowest BCUT2D eigenvalue weighted by molar-refractivity contribution is 0.0655. The molecule has 0 amide bonds. The molecule has 3 nitrogen and oxygen atoms in total. The molecular weight excluding hydrogens is 202 g/mol. The maximum atomic E-state index is 5.88. The van der Waals surface area contributed by atoms with Gasteiger partial charge in [0.05, 0.1) is 0 Å². The summed E-state index contributed by atoms with van der Waals surface area (Å²) < 4.78 is 11.5. The van der Waals surface area contributed by atoms with Gasteiger partial charge < -0.3 is 14.4 Å². The van der Waals surface area contributed by atoms with Crippen molar-refractivity contribution in [2.24, 2.45) is 0 Å². The minimum Gasteiger partial charge on any atom is -0.486 e. The van der Waals surface area contributed by atoms with E-state index in [0.717, 1.165) is 24.6 Å². The minimum atomic E-state index is 0.145. The van der Waals surface area contributed by atoms with Crippen LogP contribution in [-0.4, -0.2) is 37.7 Å². The van der Waals surface area contributed by atoms with Crippen molar-refractivity contribution >= 4 is 0 Å². The summed E-state index contributed by atoms with van der Waals surface area (Å²) in [6, 6.07) is 7.84. The smallest absolute Gasteiger partial charge is 0.161 e. The van der Waals surface area contributed by atoms with Gasteiger partial charge in [-0.25, -0.2) is 0 Å². The second kappa shape index (κ2) is 5.21. The zero-order chi connectivity index (χ0) is 11.4. The molecule has 0 saturated carbocycles. The molecule has 3 heteroatoms. The largest absolute Gasteiger partial charge is 0.486 e. The van der Waals surface area contributed by atoms with E-state index in [2.05, 4.69) is 18.9 Å². The molecule has 0 aliphatic carbocycles. The van der Waals surface area contributed by atoms with Crippen LogP contribution in [0.2, 0.25) is 0 Å². The van der Waals surface area contributed by atoms with E-state index in [9.17, 15) is 0 Å². The molecule has 0 spiro atoms. The second-order valence-corrected chi connectivity index (χ2v) is 4.26. The lowest BCUT2D eigenvalue weighted by atomic mass is 10.2. The molecule has 1 aromatic rings. The Kier molecular flexibility index (Phi) is 3.67. The normalized spacial score (nSPS) is 18.8. The first-order chi connectivity index (χ1) is 7.79. The zero-order valence-electron chi connectivity index (χ0n) is 9.98. The van der Waals surface area contributed by atoms with E-state index in [4.69, 9.17) is 9.47 Å². The van der Waals surface area contributed by atoms with Crippen LogP contribution in [0.25, 0.3) is 0 Å². The van der Waals surface area contributed by atoms with E-state index in [1.54, 1.807) is 0 Å². The van der Waals surface area contributed by atoms with E-state index in [1.165, 1.54) is 6.42 Å². The average molecular weight is 221 g/mol. The number of hydrogen-bond donors (Lipinski definition) is 0. The molecule has 0 radical (unpaired) electrons. The summed E-state index contributed by atoms with van der Waals surface area (Å²) in [6.07, 6.45) is 1.31. The van der Waals surface area contributed by atoms with Crippen LogP contribution in [0, 0.1) is 0 Å². The van der Waals surface area contributed by atoms with Gasteiger partial charge in [0.15, 0.2) is 11.5 Å². The Morgan fingerprint density at radius 3 is 2.81 bits per heavy atom. The highest BCUT2D eigenvalue weighted by molar-refractivity contribution is 5.40. The summed E-state index contributed by atoms with van der Waals surface area (Å²) in [4.78, 5) is 2.28. The van der Waals surface area contributed by atoms with Crippen molar-refractivity contribution in [1.82, 2.24) is 4.90 Å². The van der Waals surface area contributed by atoms with Crippen molar-refractivity contribution in [1.29, 1.82) is 0 Å². The van der Waals surface area contributed by atoms with Crippen LogP contribution >= 0.6 is 0 Å². The molecule has 1 aliphatic rings. The van der Waals surface area contributed by atoms with Crippen molar-refractivity contribution in [3.63, 3.8) is 0 Å². The molecule has 16 heavy (non-hydrogen) atoms. The summed E-state index contributed by atoms with van der Waals surface area (Å²) >= 11 is 0. The lowest BCUT2D eigenvalue weighted by Gasteiger charge is -2.29. The molecule has 1 unspecified atom stereocenters. The highest BCUT2D eigenvalue weighted by atomic mass is 16.6. The Labute approximate surface area is 97.0 Å². The Hall–Kier alpha value is -1.22. The molecular formula is C13H19NO2. The predicted molar refractivity (Wildman–Crippen MR) is 64.1 cm³/mol. The number of para-hydroxylation sites is 2. The molecule has 88 valence electrons. The van der Waals surface area contributed by atoms with Gasteiger partial charge in [0.2, 0.25) is 0 Å². The molecule has 0 bridgehead atoms. The zero-order valence-corrected chi connectivity index (χ0v) is 9.98. The molecule has 1 heterocycles. The fourth-order valence-electron chi connectivity index (χ4n) is 1.97. The summed E-state index contributed by atoms with van der Waals surface area (Å²) in [5.41, 5.74) is 0. The third kappa shape index (κ3) is 2.67. The van der Waals surface area contributed by atoms with Gasteiger partial charge in [0.25, 0.3) is 0 Å². The molecule has 2 rings (SSSR count). The first-order valence-electron chi connectivity index (χ1n) is 5.86. The van der Waals surface area contributed by atoms with Crippen LogP contribution in [-0.2, 0) is 0 Å². The molecule has 1 aromatic carbocycles. The molecule has 0 saturated heterocycles. The maximum Gasteiger partial charge on any atom is 0.161 e. The Bertz CT molecular complexity index is 340. The van der Waals surface area contributed by atoms with Gasteiger partial charge in [0.1, 0.15) is 12.7 Å². The quantitative estimate of drug-likeness (QED) is 0.777. The topological polar surface area (TPSA) is 21.7 Å². The van der Waals surface area contributed by atoms with Gasteiger partial charge in [-0.1, -0.05) is 19.1 Å². The Balaban J connectivity index is 1.92. The number of nitrogens with zero attached hydrogens (tertiary/aromatic N) is 1. The maximum absolute atomic E-state index is 5.88. The van der Waals surface area contributed by atoms with E-state index >= 15 is 0 Å². The molecule has 0 N–H and O–H groups in total. The number of fused-ring (bicyclic) bond motifs is 1. The predicted octanol–water partition coefficient (Wildman–Crippen LogP) is 2.17. The average Bonchev–Trinajstić information content (AvgIpc) is 2.29. The van der Waals surface area contributed by atoms with Crippen molar-refractivity contribution in [3.8, 4) is 11.5 Å². The summed E-state index contributed by atoms with van der Waals surface area (Å²) in [6.45, 7) is 4.85. The Morgan fingerprint density at radius 2 is 2.06 bits per heavy atom. The van der Waals surface area contributed by atoms with Crippen LogP contribution in [0.15, 0.2) is 24.3 Å². The van der Waals surface area contributed by atoms with E-state index < -0.39 is 0 Å². The highest BCUT2D eigenvalue weighted by Crippen LogP contribution is 2.30. The molecule has 0 fully saturated rings. The summed E-state index contributed by atoms with van der Waals surface area (Å²) in [5, 5.41) is 0. The van der Waals surface area contributed by atoms with E-state index in [0.29, 0.717) is 6.61 Å². The monoisotopic (exact) mass is 221 g/mol. The summed E-state index contributed by atoms with van der Waals surface area (Å²) in [5.74, 6) is 1.72. The Morgan fingerprint density at radius 1 is 1.31 bits per heavy atom. The second-order valence-electron chi connectivity index (χ2n) is 4.26. The van der Waals surface area contributed by atoms with E-state index in [-0.39, 0.29) is 6.10 Å². The SMILES string of the molecule is CCCN(C)CC1COc2ccccc2O1. The van der Waals surface area contributed by atoms with Gasteiger partial charge in [-0.05, 0) is 32.1 Å². The van der Waals surface area contributed by atoms with Crippen molar-refractivity contribution in [2.45, 2.75) is 19.4 Å². The van der Waals surface area contributed by atoms with Crippen LogP contribution in [0.3, 0.4) is 0 Å². The summed E-state index contributed by atoms with van der Waals surface area (Å²) in [7, 11) is 2.12. The molecule has 1 atom stereocenters. The fourth-order valence-corrected chi connectivity index (χ4v) is 1.97. The van der Waals surface area contributed by atoms with Gasteiger partial charge in [-0.2, -0.15) is 0 Å². The third-order valence-electron chi connectivity index (χ3n) is 2.69. The van der Waals surface area contributed by atoms with Gasteiger partial charge in [-0.15, -0.1) is 0 Å². The number of likely N-dealkylation sites (N-methyl/N-ethyl adjacent to an activating group) is 1. The third-order valence-corrected chi connectivity index (χ3v) is 2.69. The van der Waals surface area contributed by atoms with Gasteiger partial charge in [0, 0.05) is 6.54 Å². The number of ether oxygens (including phenoxy) is 2. The molecule has 1 aliphatic heterocycles. The van der Waals surface area contributed by atoms with Crippen molar-refractivity contribution in [3.05, 3.63) is 24.3 Å². The standard InChI is InChI=1S/C13H19NO2/c1-3-8-14(2)9-11-10-15-12-6-4-5-7-13(12)16-11/h4-7,11H,3,8-10H2,1-2H3. The van der Waals surface area contributed by atoms with Crippen molar-refractivity contribution < 1.29 is 9.47 Å². The lowest BCUT2D eigenvalue weighted by Crippen LogP contribution is -2.39. The van der Waals surface area contributed by atoms with Crippen LogP contribution in [0.4, 0.5) is 0 Å². The number of rotatable bonds is 4. The van der Waals surface area contributed by atoms with E-state index in [1.807, 2.05) is 24.3 Å². The molecule has 0 aromatic heterocycles. The van der Waals surface area contributed by atoms with Gasteiger partial charge >= 0.3 is 0 Å². The van der Waals surface area contributed by atoms with Crippen LogP contribution < -0.4 is 9.47 Å². The van der Waals surface area contributed by atoms with Gasteiger partial charge in [-0.3, -0.25) is 0 Å². The fraction of sp³-hybridized carbons (Fsp3) is 0.538. The van der Waals surface area contributed by atoms with Crippen molar-refractivity contribution in [2.75, 3.05) is 26.7 Å². The number of benzene rings is 1. The van der Waals surface area contributed by atoms with Crippen LogP contribution in [0.1, 0.15) is 13.3 Å². The van der Waals surface area contributed by atoms with Crippen LogP contribution in [0.5, 0.6) is 11.5 Å².